The van der Waals surface area contributed by atoms with Gasteiger partial charge in [-0.05, 0) is 48.2 Å². The Hall–Kier alpha value is -1.67. The van der Waals surface area contributed by atoms with E-state index in [0.29, 0.717) is 0 Å². The molecule has 3 heteroatoms. The van der Waals surface area contributed by atoms with Gasteiger partial charge in [-0.2, -0.15) is 0 Å². The highest BCUT2D eigenvalue weighted by Crippen LogP contribution is 2.40. The molecule has 1 N–H and O–H groups in total. The summed E-state index contributed by atoms with van der Waals surface area (Å²) in [6, 6.07) is 10.7. The number of hydrogen-bond donors (Lipinski definition) is 1. The molecule has 104 valence electrons. The minimum Gasteiger partial charge on any atom is -0.496 e. The fourth-order valence-corrected chi connectivity index (χ4v) is 3.12. The van der Waals surface area contributed by atoms with E-state index in [1.807, 2.05) is 12.1 Å². The molecule has 2 nitrogen and oxygen atoms in total. The summed E-state index contributed by atoms with van der Waals surface area (Å²) in [6.45, 7) is 4.19. The third-order valence-electron chi connectivity index (χ3n) is 4.01. The molecule has 0 saturated heterocycles. The van der Waals surface area contributed by atoms with Gasteiger partial charge in [0, 0.05) is 17.1 Å². The van der Waals surface area contributed by atoms with Gasteiger partial charge in [0.15, 0.2) is 0 Å². The van der Waals surface area contributed by atoms with Crippen molar-refractivity contribution in [3.05, 3.63) is 57.6 Å². The second kappa shape index (κ2) is 5.02. The largest absolute Gasteiger partial charge is 0.496 e. The van der Waals surface area contributed by atoms with Crippen LogP contribution < -0.4 is 10.1 Å². The summed E-state index contributed by atoms with van der Waals surface area (Å²) >= 11 is 6.31. The minimum atomic E-state index is 0.285. The summed E-state index contributed by atoms with van der Waals surface area (Å²) in [4.78, 5) is 0. The molecule has 0 radical (unpaired) electrons. The van der Waals surface area contributed by atoms with Crippen LogP contribution in [-0.2, 0) is 6.42 Å². The second-order valence-corrected chi connectivity index (χ2v) is 5.76. The van der Waals surface area contributed by atoms with Crippen LogP contribution in [0.2, 0.25) is 5.02 Å². The summed E-state index contributed by atoms with van der Waals surface area (Å²) in [6.07, 6.45) is 0.932. The summed E-state index contributed by atoms with van der Waals surface area (Å²) in [5.41, 5.74) is 6.10. The molecule has 1 aliphatic rings. The molecule has 1 atom stereocenters. The summed E-state index contributed by atoms with van der Waals surface area (Å²) in [5.74, 6) is 0.929. The zero-order valence-corrected chi connectivity index (χ0v) is 12.7. The Balaban J connectivity index is 1.94. The maximum absolute atomic E-state index is 6.31. The second-order valence-electron chi connectivity index (χ2n) is 5.35. The van der Waals surface area contributed by atoms with Crippen molar-refractivity contribution in [2.75, 3.05) is 12.4 Å². The number of aryl methyl sites for hydroxylation is 2. The lowest BCUT2D eigenvalue weighted by molar-refractivity contribution is 0.411. The lowest BCUT2D eigenvalue weighted by Gasteiger charge is -2.14. The quantitative estimate of drug-likeness (QED) is 0.866. The Morgan fingerprint density at radius 3 is 2.60 bits per heavy atom. The van der Waals surface area contributed by atoms with Gasteiger partial charge in [0.25, 0.3) is 0 Å². The normalized spacial score (nSPS) is 16.7. The first-order valence-electron chi connectivity index (χ1n) is 6.79. The van der Waals surface area contributed by atoms with Crippen molar-refractivity contribution in [2.45, 2.75) is 26.3 Å². The molecule has 2 aromatic carbocycles. The Morgan fingerprint density at radius 1 is 1.15 bits per heavy atom. The van der Waals surface area contributed by atoms with Crippen LogP contribution in [0.4, 0.5) is 5.69 Å². The van der Waals surface area contributed by atoms with E-state index in [-0.39, 0.29) is 6.04 Å². The van der Waals surface area contributed by atoms with Crippen LogP contribution in [0.15, 0.2) is 30.3 Å². The summed E-state index contributed by atoms with van der Waals surface area (Å²) in [7, 11) is 1.70. The van der Waals surface area contributed by atoms with Crippen LogP contribution in [0.1, 0.15) is 28.3 Å². The molecule has 2 aromatic rings. The van der Waals surface area contributed by atoms with Crippen molar-refractivity contribution < 1.29 is 4.74 Å². The fourth-order valence-electron chi connectivity index (χ4n) is 2.89. The number of fused-ring (bicyclic) bond motifs is 1. The zero-order chi connectivity index (χ0) is 14.3. The van der Waals surface area contributed by atoms with Crippen molar-refractivity contribution in [1.82, 2.24) is 0 Å². The molecule has 0 bridgehead atoms. The molecule has 1 heterocycles. The smallest absolute Gasteiger partial charge is 0.121 e. The van der Waals surface area contributed by atoms with Crippen LogP contribution in [0, 0.1) is 13.8 Å². The van der Waals surface area contributed by atoms with Crippen LogP contribution in [0.5, 0.6) is 5.75 Å². The molecular weight excluding hydrogens is 270 g/mol. The van der Waals surface area contributed by atoms with E-state index in [1.54, 1.807) is 7.11 Å². The molecule has 0 fully saturated rings. The number of methoxy groups -OCH3 is 1. The van der Waals surface area contributed by atoms with Crippen molar-refractivity contribution in [3.63, 3.8) is 0 Å². The Morgan fingerprint density at radius 2 is 1.95 bits per heavy atom. The topological polar surface area (TPSA) is 21.3 Å². The molecule has 0 amide bonds. The Labute approximate surface area is 124 Å². The van der Waals surface area contributed by atoms with E-state index < -0.39 is 0 Å². The number of hydrogen-bond acceptors (Lipinski definition) is 2. The summed E-state index contributed by atoms with van der Waals surface area (Å²) < 4.78 is 5.32. The first-order valence-corrected chi connectivity index (χ1v) is 7.17. The van der Waals surface area contributed by atoms with Gasteiger partial charge in [-0.15, -0.1) is 0 Å². The zero-order valence-electron chi connectivity index (χ0n) is 12.0. The van der Waals surface area contributed by atoms with Gasteiger partial charge < -0.3 is 10.1 Å². The van der Waals surface area contributed by atoms with E-state index in [1.165, 1.54) is 22.4 Å². The van der Waals surface area contributed by atoms with E-state index in [4.69, 9.17) is 16.3 Å². The number of ether oxygens (including phenoxy) is 1. The average Bonchev–Trinajstić information content (AvgIpc) is 2.89. The monoisotopic (exact) mass is 287 g/mol. The average molecular weight is 288 g/mol. The molecule has 20 heavy (non-hydrogen) atoms. The molecule has 3 rings (SSSR count). The van der Waals surface area contributed by atoms with Crippen molar-refractivity contribution in [1.29, 1.82) is 0 Å². The molecule has 1 unspecified atom stereocenters. The number of rotatable bonds is 2. The van der Waals surface area contributed by atoms with Crippen molar-refractivity contribution in [3.8, 4) is 5.75 Å². The lowest BCUT2D eigenvalue weighted by atomic mass is 10.0. The molecule has 0 spiro atoms. The Kier molecular flexibility index (Phi) is 3.35. The number of anilines is 1. The molecule has 0 aromatic heterocycles. The number of halogens is 1. The first-order chi connectivity index (χ1) is 9.60. The lowest BCUT2D eigenvalue weighted by Crippen LogP contribution is -2.06. The molecule has 1 aliphatic heterocycles. The maximum Gasteiger partial charge on any atom is 0.121 e. The molecular formula is C17H18ClNO. The predicted molar refractivity (Wildman–Crippen MR) is 84.0 cm³/mol. The first kappa shape index (κ1) is 13.3. The number of nitrogens with one attached hydrogen (secondary N) is 1. The van der Waals surface area contributed by atoms with Gasteiger partial charge in [0.05, 0.1) is 13.2 Å². The summed E-state index contributed by atoms with van der Waals surface area (Å²) in [5, 5.41) is 4.45. The van der Waals surface area contributed by atoms with Gasteiger partial charge in [0.2, 0.25) is 0 Å². The van der Waals surface area contributed by atoms with E-state index in [9.17, 15) is 0 Å². The van der Waals surface area contributed by atoms with Crippen LogP contribution in [-0.4, -0.2) is 7.11 Å². The van der Waals surface area contributed by atoms with Gasteiger partial charge in [0.1, 0.15) is 5.75 Å². The standard InChI is InChI=1S/C17H18ClNO/c1-10-4-6-14(18)13-9-15(19-17(10)13)12-5-7-16(20-3)11(2)8-12/h4-8,15,19H,9H2,1-3H3. The minimum absolute atomic E-state index is 0.285. The van der Waals surface area contributed by atoms with Gasteiger partial charge in [-0.25, -0.2) is 0 Å². The molecule has 0 saturated carbocycles. The maximum atomic E-state index is 6.31. The van der Waals surface area contributed by atoms with Crippen LogP contribution >= 0.6 is 11.6 Å². The van der Waals surface area contributed by atoms with E-state index >= 15 is 0 Å². The molecule has 0 aliphatic carbocycles. The highest BCUT2D eigenvalue weighted by atomic mass is 35.5. The van der Waals surface area contributed by atoms with Crippen LogP contribution in [0.3, 0.4) is 0 Å². The van der Waals surface area contributed by atoms with Crippen molar-refractivity contribution in [2.24, 2.45) is 0 Å². The number of benzene rings is 2. The predicted octanol–water partition coefficient (Wildman–Crippen LogP) is 4.67. The van der Waals surface area contributed by atoms with E-state index in [2.05, 4.69) is 37.4 Å². The third-order valence-corrected chi connectivity index (χ3v) is 4.37. The Bertz CT molecular complexity index is 635. The fraction of sp³-hybridized carbons (Fsp3) is 0.294. The van der Waals surface area contributed by atoms with Crippen LogP contribution in [0.25, 0.3) is 0 Å². The SMILES string of the molecule is COc1ccc(C2Cc3c(Cl)ccc(C)c3N2)cc1C. The highest BCUT2D eigenvalue weighted by Gasteiger charge is 2.25. The van der Waals surface area contributed by atoms with Gasteiger partial charge in [-0.1, -0.05) is 29.8 Å². The van der Waals surface area contributed by atoms with Crippen molar-refractivity contribution >= 4 is 17.3 Å². The van der Waals surface area contributed by atoms with Gasteiger partial charge >= 0.3 is 0 Å². The van der Waals surface area contributed by atoms with Gasteiger partial charge in [-0.3, -0.25) is 0 Å². The highest BCUT2D eigenvalue weighted by molar-refractivity contribution is 6.31. The van der Waals surface area contributed by atoms with E-state index in [0.717, 1.165) is 22.8 Å². The third kappa shape index (κ3) is 2.14.